The van der Waals surface area contributed by atoms with Gasteiger partial charge in [0.15, 0.2) is 5.82 Å². The average molecular weight is 345 g/mol. The lowest BCUT2D eigenvalue weighted by Gasteiger charge is -2.04. The fourth-order valence-electron chi connectivity index (χ4n) is 1.34. The smallest absolute Gasteiger partial charge is 0.258 e. The highest BCUT2D eigenvalue weighted by Gasteiger charge is 2.12. The number of benzene rings is 1. The maximum Gasteiger partial charge on any atom is 0.258 e. The number of halogens is 2. The number of aryl methyl sites for hydroxylation is 1. The second-order valence-electron chi connectivity index (χ2n) is 3.45. The Hall–Kier alpha value is -1.44. The highest BCUT2D eigenvalue weighted by atomic mass is 127. The summed E-state index contributed by atoms with van der Waals surface area (Å²) in [6, 6.07) is 5.76. The molecule has 0 bridgehead atoms. The lowest BCUT2D eigenvalue weighted by atomic mass is 10.2. The van der Waals surface area contributed by atoms with Gasteiger partial charge in [-0.05, 0) is 40.8 Å². The predicted octanol–water partition coefficient (Wildman–Crippen LogP) is 2.42. The van der Waals surface area contributed by atoms with Crippen molar-refractivity contribution in [2.24, 2.45) is 7.05 Å². The number of rotatable bonds is 2. The summed E-state index contributed by atoms with van der Waals surface area (Å²) >= 11 is 1.99. The second-order valence-corrected chi connectivity index (χ2v) is 4.62. The number of carbonyl (C=O) groups excluding carboxylic acids is 1. The van der Waals surface area contributed by atoms with E-state index >= 15 is 0 Å². The highest BCUT2D eigenvalue weighted by Crippen LogP contribution is 2.15. The van der Waals surface area contributed by atoms with Gasteiger partial charge in [-0.3, -0.25) is 9.48 Å². The van der Waals surface area contributed by atoms with Gasteiger partial charge in [-0.2, -0.15) is 5.10 Å². The van der Waals surface area contributed by atoms with Crippen LogP contribution >= 0.6 is 22.6 Å². The Labute approximate surface area is 111 Å². The molecule has 1 heterocycles. The molecule has 2 rings (SSSR count). The van der Waals surface area contributed by atoms with Crippen molar-refractivity contribution in [3.05, 3.63) is 45.4 Å². The molecule has 1 aromatic carbocycles. The SMILES string of the molecule is Cn1ccc(NC(=O)c2cc(F)ccc2I)n1. The first-order valence-electron chi connectivity index (χ1n) is 4.82. The van der Waals surface area contributed by atoms with Crippen molar-refractivity contribution in [1.82, 2.24) is 9.78 Å². The molecule has 1 aromatic heterocycles. The summed E-state index contributed by atoms with van der Waals surface area (Å²) in [4.78, 5) is 11.9. The van der Waals surface area contributed by atoms with Crippen LogP contribution < -0.4 is 5.32 Å². The minimum absolute atomic E-state index is 0.302. The third kappa shape index (κ3) is 2.82. The average Bonchev–Trinajstić information content (AvgIpc) is 2.67. The van der Waals surface area contributed by atoms with E-state index in [0.717, 1.165) is 0 Å². The molecule has 0 radical (unpaired) electrons. The van der Waals surface area contributed by atoms with E-state index in [4.69, 9.17) is 0 Å². The summed E-state index contributed by atoms with van der Waals surface area (Å²) in [5.74, 6) is -0.359. The number of aromatic nitrogens is 2. The number of hydrogen-bond donors (Lipinski definition) is 1. The Kier molecular flexibility index (Phi) is 3.41. The maximum atomic E-state index is 13.0. The summed E-state index contributed by atoms with van der Waals surface area (Å²) in [5.41, 5.74) is 0.302. The van der Waals surface area contributed by atoms with Gasteiger partial charge in [-0.1, -0.05) is 0 Å². The van der Waals surface area contributed by atoms with Crippen molar-refractivity contribution < 1.29 is 9.18 Å². The third-order valence-corrected chi connectivity index (χ3v) is 3.07. The molecule has 0 spiro atoms. The first-order chi connectivity index (χ1) is 8.06. The molecule has 2 aromatic rings. The molecule has 0 unspecified atom stereocenters. The van der Waals surface area contributed by atoms with Crippen LogP contribution in [-0.2, 0) is 7.05 Å². The summed E-state index contributed by atoms with van der Waals surface area (Å²) < 4.78 is 15.3. The van der Waals surface area contributed by atoms with Crippen molar-refractivity contribution in [3.8, 4) is 0 Å². The van der Waals surface area contributed by atoms with E-state index in [1.807, 2.05) is 22.6 Å². The predicted molar refractivity (Wildman–Crippen MR) is 70.3 cm³/mol. The van der Waals surface area contributed by atoms with Crippen LogP contribution in [0.4, 0.5) is 10.2 Å². The monoisotopic (exact) mass is 345 g/mol. The summed E-state index contributed by atoms with van der Waals surface area (Å²) in [7, 11) is 1.75. The lowest BCUT2D eigenvalue weighted by Crippen LogP contribution is -2.14. The normalized spacial score (nSPS) is 10.3. The van der Waals surface area contributed by atoms with Crippen molar-refractivity contribution in [2.45, 2.75) is 0 Å². The van der Waals surface area contributed by atoms with E-state index in [9.17, 15) is 9.18 Å². The molecular formula is C11H9FIN3O. The molecule has 0 atom stereocenters. The molecule has 1 N–H and O–H groups in total. The molecule has 0 aliphatic heterocycles. The van der Waals surface area contributed by atoms with Gasteiger partial charge in [0, 0.05) is 22.9 Å². The van der Waals surface area contributed by atoms with Crippen LogP contribution in [-0.4, -0.2) is 15.7 Å². The molecule has 6 heteroatoms. The van der Waals surface area contributed by atoms with Crippen LogP contribution in [0.15, 0.2) is 30.5 Å². The van der Waals surface area contributed by atoms with Gasteiger partial charge >= 0.3 is 0 Å². The van der Waals surface area contributed by atoms with E-state index in [-0.39, 0.29) is 5.91 Å². The van der Waals surface area contributed by atoms with Gasteiger partial charge in [0.2, 0.25) is 0 Å². The number of anilines is 1. The molecule has 0 fully saturated rings. The van der Waals surface area contributed by atoms with Crippen molar-refractivity contribution in [3.63, 3.8) is 0 Å². The first-order valence-corrected chi connectivity index (χ1v) is 5.90. The standard InChI is InChI=1S/C11H9FIN3O/c1-16-5-4-10(15-16)14-11(17)8-6-7(12)2-3-9(8)13/h2-6H,1H3,(H,14,15,17). The van der Waals surface area contributed by atoms with Crippen LogP contribution in [0, 0.1) is 9.39 Å². The van der Waals surface area contributed by atoms with E-state index in [1.54, 1.807) is 30.1 Å². The van der Waals surface area contributed by atoms with Gasteiger partial charge in [0.1, 0.15) is 5.82 Å². The minimum atomic E-state index is -0.434. The van der Waals surface area contributed by atoms with Gasteiger partial charge in [-0.15, -0.1) is 0 Å². The fourth-order valence-corrected chi connectivity index (χ4v) is 1.92. The Morgan fingerprint density at radius 3 is 2.88 bits per heavy atom. The molecule has 0 saturated heterocycles. The van der Waals surface area contributed by atoms with Gasteiger partial charge in [-0.25, -0.2) is 4.39 Å². The van der Waals surface area contributed by atoms with Gasteiger partial charge < -0.3 is 5.32 Å². The Morgan fingerprint density at radius 1 is 1.47 bits per heavy atom. The van der Waals surface area contributed by atoms with Gasteiger partial charge in [0.25, 0.3) is 5.91 Å². The summed E-state index contributed by atoms with van der Waals surface area (Å²) in [6.07, 6.45) is 1.71. The molecule has 88 valence electrons. The Balaban J connectivity index is 2.22. The maximum absolute atomic E-state index is 13.0. The molecule has 0 saturated carbocycles. The molecule has 0 aliphatic rings. The number of carbonyl (C=O) groups is 1. The largest absolute Gasteiger partial charge is 0.305 e. The van der Waals surface area contributed by atoms with Crippen LogP contribution in [0.25, 0.3) is 0 Å². The van der Waals surface area contributed by atoms with E-state index in [0.29, 0.717) is 15.0 Å². The minimum Gasteiger partial charge on any atom is -0.305 e. The molecular weight excluding hydrogens is 336 g/mol. The zero-order chi connectivity index (χ0) is 12.4. The summed E-state index contributed by atoms with van der Waals surface area (Å²) in [6.45, 7) is 0. The molecule has 4 nitrogen and oxygen atoms in total. The topological polar surface area (TPSA) is 46.9 Å². The van der Waals surface area contributed by atoms with Crippen LogP contribution in [0.2, 0.25) is 0 Å². The van der Waals surface area contributed by atoms with Crippen molar-refractivity contribution in [1.29, 1.82) is 0 Å². The Bertz CT molecular complexity index is 568. The van der Waals surface area contributed by atoms with Crippen LogP contribution in [0.1, 0.15) is 10.4 Å². The third-order valence-electron chi connectivity index (χ3n) is 2.13. The van der Waals surface area contributed by atoms with Crippen LogP contribution in [0.3, 0.4) is 0 Å². The Morgan fingerprint density at radius 2 is 2.24 bits per heavy atom. The lowest BCUT2D eigenvalue weighted by molar-refractivity contribution is 0.102. The first kappa shape index (κ1) is 12.0. The molecule has 0 aliphatic carbocycles. The highest BCUT2D eigenvalue weighted by molar-refractivity contribution is 14.1. The zero-order valence-electron chi connectivity index (χ0n) is 8.95. The summed E-state index contributed by atoms with van der Waals surface area (Å²) in [5, 5.41) is 6.62. The van der Waals surface area contributed by atoms with E-state index < -0.39 is 5.82 Å². The molecule has 17 heavy (non-hydrogen) atoms. The number of hydrogen-bond acceptors (Lipinski definition) is 2. The quantitative estimate of drug-likeness (QED) is 0.850. The number of nitrogens with zero attached hydrogens (tertiary/aromatic N) is 2. The van der Waals surface area contributed by atoms with Gasteiger partial charge in [0.05, 0.1) is 5.56 Å². The van der Waals surface area contributed by atoms with E-state index in [2.05, 4.69) is 10.4 Å². The number of amides is 1. The zero-order valence-corrected chi connectivity index (χ0v) is 11.1. The second kappa shape index (κ2) is 4.82. The van der Waals surface area contributed by atoms with Crippen molar-refractivity contribution >= 4 is 34.3 Å². The fraction of sp³-hybridized carbons (Fsp3) is 0.0909. The number of nitrogens with one attached hydrogen (secondary N) is 1. The van der Waals surface area contributed by atoms with Crippen LogP contribution in [0.5, 0.6) is 0 Å². The van der Waals surface area contributed by atoms with E-state index in [1.165, 1.54) is 12.1 Å². The molecule has 1 amide bonds. The van der Waals surface area contributed by atoms with Crippen molar-refractivity contribution in [2.75, 3.05) is 5.32 Å².